The number of hydrogen-bond donors (Lipinski definition) is 2. The van der Waals surface area contributed by atoms with E-state index < -0.39 is 5.97 Å². The molecule has 0 rings (SSSR count). The molecule has 0 aliphatic rings. The summed E-state index contributed by atoms with van der Waals surface area (Å²) in [5.41, 5.74) is 0. The number of hydrogen-bond acceptors (Lipinski definition) is 4. The van der Waals surface area contributed by atoms with Crippen molar-refractivity contribution in [3.63, 3.8) is 0 Å². The molecule has 0 bridgehead atoms. The van der Waals surface area contributed by atoms with Gasteiger partial charge in [-0.05, 0) is 18.2 Å². The molecule has 0 aliphatic heterocycles. The summed E-state index contributed by atoms with van der Waals surface area (Å²) in [7, 11) is 0. The molecule has 5 heteroatoms. The molecule has 0 spiro atoms. The Morgan fingerprint density at radius 3 is 1.90 bits per heavy atom. The molecule has 0 aromatic carbocycles. The van der Waals surface area contributed by atoms with Gasteiger partial charge >= 0.3 is 5.97 Å². The fourth-order valence-corrected chi connectivity index (χ4v) is 1.86. The summed E-state index contributed by atoms with van der Waals surface area (Å²) < 4.78 is 0. The fraction of sp³-hybridized carbons (Fsp3) is 0.867. The first-order valence-corrected chi connectivity index (χ1v) is 8.51. The van der Waals surface area contributed by atoms with Crippen molar-refractivity contribution in [2.24, 2.45) is 0 Å². The maximum atomic E-state index is 10.2. The Bertz CT molecular complexity index is 242. The van der Waals surface area contributed by atoms with Gasteiger partial charge in [0.2, 0.25) is 0 Å². The molecule has 0 saturated heterocycles. The molecule has 0 amide bonds. The summed E-state index contributed by atoms with van der Waals surface area (Å²) in [5, 5.41) is 26.1. The molecule has 0 heterocycles. The fourth-order valence-electron chi connectivity index (χ4n) is 1.68. The first-order valence-electron chi connectivity index (χ1n) is 7.52. The minimum atomic E-state index is -0.659. The van der Waals surface area contributed by atoms with Gasteiger partial charge in [0.25, 0.3) is 0 Å². The van der Waals surface area contributed by atoms with Crippen LogP contribution in [0.3, 0.4) is 0 Å². The van der Waals surface area contributed by atoms with Gasteiger partial charge in [0, 0.05) is 12.2 Å². The van der Waals surface area contributed by atoms with Crippen LogP contribution >= 0.6 is 11.8 Å². The summed E-state index contributed by atoms with van der Waals surface area (Å²) in [6, 6.07) is 0. The third-order valence-corrected chi connectivity index (χ3v) is 3.27. The van der Waals surface area contributed by atoms with E-state index in [0.717, 1.165) is 24.6 Å². The van der Waals surface area contributed by atoms with E-state index in [1.165, 1.54) is 44.9 Å². The van der Waals surface area contributed by atoms with E-state index in [-0.39, 0.29) is 6.61 Å². The second kappa shape index (κ2) is 20.6. The summed E-state index contributed by atoms with van der Waals surface area (Å²) in [4.78, 5) is 10.2. The summed E-state index contributed by atoms with van der Waals surface area (Å²) in [6.45, 7) is 2.32. The molecule has 0 aromatic heterocycles. The number of carboxylic acids is 1. The molecule has 118 valence electrons. The number of thioether (sulfide) groups is 1. The highest BCUT2D eigenvalue weighted by Gasteiger charge is 1.96. The van der Waals surface area contributed by atoms with Crippen molar-refractivity contribution in [3.05, 3.63) is 0 Å². The Balaban J connectivity index is 0. The van der Waals surface area contributed by atoms with Crippen LogP contribution in [0.1, 0.15) is 71.1 Å². The number of aliphatic hydroxyl groups excluding tert-OH is 1. The maximum Gasteiger partial charge on any atom is 0.303 e. The van der Waals surface area contributed by atoms with Gasteiger partial charge in [-0.3, -0.25) is 4.79 Å². The Morgan fingerprint density at radius 1 is 1.05 bits per heavy atom. The summed E-state index contributed by atoms with van der Waals surface area (Å²) >= 11 is 1.06. The van der Waals surface area contributed by atoms with Crippen LogP contribution in [0.5, 0.6) is 0 Å². The predicted molar refractivity (Wildman–Crippen MR) is 84.6 cm³/mol. The van der Waals surface area contributed by atoms with Gasteiger partial charge in [-0.15, -0.1) is 0 Å². The van der Waals surface area contributed by atoms with Crippen molar-refractivity contribution in [2.45, 2.75) is 71.1 Å². The third-order valence-electron chi connectivity index (χ3n) is 2.75. The van der Waals surface area contributed by atoms with Crippen LogP contribution in [0.15, 0.2) is 0 Å². The first kappa shape index (κ1) is 21.6. The zero-order valence-electron chi connectivity index (χ0n) is 12.6. The average Bonchev–Trinajstić information content (AvgIpc) is 2.43. The van der Waals surface area contributed by atoms with Crippen LogP contribution in [0, 0.1) is 10.7 Å². The Hall–Kier alpha value is -0.730. The monoisotopic (exact) mass is 303 g/mol. The normalized spacial score (nSPS) is 9.45. The lowest BCUT2D eigenvalue weighted by molar-refractivity contribution is -0.137. The Morgan fingerprint density at radius 2 is 1.55 bits per heavy atom. The number of rotatable bonds is 12. The number of aliphatic carboxylic acids is 1. The largest absolute Gasteiger partial charge is 0.481 e. The van der Waals surface area contributed by atoms with Crippen LogP contribution in [-0.4, -0.2) is 28.5 Å². The smallest absolute Gasteiger partial charge is 0.303 e. The highest BCUT2D eigenvalue weighted by molar-refractivity contribution is 8.03. The van der Waals surface area contributed by atoms with E-state index in [0.29, 0.717) is 12.2 Å². The molecule has 0 atom stereocenters. The van der Waals surface area contributed by atoms with Gasteiger partial charge in [0.1, 0.15) is 5.40 Å². The highest BCUT2D eigenvalue weighted by Crippen LogP contribution is 2.10. The quantitative estimate of drug-likeness (QED) is 0.417. The minimum Gasteiger partial charge on any atom is -0.481 e. The number of aliphatic hydroxyl groups is 1. The molecular weight excluding hydrogens is 274 g/mol. The number of thiocyanates is 1. The molecule has 0 radical (unpaired) electrons. The second-order valence-electron chi connectivity index (χ2n) is 4.64. The second-order valence-corrected chi connectivity index (χ2v) is 5.52. The minimum absolute atomic E-state index is 0.0955. The molecule has 0 unspecified atom stereocenters. The molecule has 20 heavy (non-hydrogen) atoms. The van der Waals surface area contributed by atoms with E-state index in [4.69, 9.17) is 15.5 Å². The van der Waals surface area contributed by atoms with E-state index in [2.05, 4.69) is 6.92 Å². The Labute approximate surface area is 127 Å². The lowest BCUT2D eigenvalue weighted by Gasteiger charge is -2.00. The van der Waals surface area contributed by atoms with Crippen LogP contribution in [-0.2, 0) is 4.79 Å². The third kappa shape index (κ3) is 26.0. The zero-order valence-corrected chi connectivity index (χ0v) is 13.5. The van der Waals surface area contributed by atoms with Crippen LogP contribution in [0.25, 0.3) is 0 Å². The van der Waals surface area contributed by atoms with E-state index in [1.807, 2.05) is 5.40 Å². The molecule has 2 N–H and O–H groups in total. The average molecular weight is 303 g/mol. The van der Waals surface area contributed by atoms with E-state index >= 15 is 0 Å². The lowest BCUT2D eigenvalue weighted by atomic mass is 10.1. The van der Waals surface area contributed by atoms with Gasteiger partial charge in [0.15, 0.2) is 0 Å². The maximum absolute atomic E-state index is 10.2. The molecule has 0 saturated carbocycles. The van der Waals surface area contributed by atoms with Crippen molar-refractivity contribution in [1.29, 1.82) is 5.26 Å². The van der Waals surface area contributed by atoms with Gasteiger partial charge in [-0.25, -0.2) is 0 Å². The lowest BCUT2D eigenvalue weighted by Crippen LogP contribution is -1.93. The molecule has 0 aromatic rings. The van der Waals surface area contributed by atoms with E-state index in [9.17, 15) is 4.79 Å². The number of nitriles is 1. The molecule has 0 fully saturated rings. The van der Waals surface area contributed by atoms with Crippen LogP contribution in [0.4, 0.5) is 0 Å². The van der Waals surface area contributed by atoms with Crippen molar-refractivity contribution < 1.29 is 15.0 Å². The molecular formula is C15H29NO3S. The Kier molecular flexibility index (Phi) is 22.2. The molecule has 0 aliphatic carbocycles. The number of carboxylic acid groups (broad SMARTS) is 1. The van der Waals surface area contributed by atoms with Gasteiger partial charge in [-0.2, -0.15) is 5.26 Å². The van der Waals surface area contributed by atoms with Crippen LogP contribution < -0.4 is 0 Å². The van der Waals surface area contributed by atoms with Gasteiger partial charge in [-0.1, -0.05) is 58.3 Å². The number of unbranched alkanes of at least 4 members (excludes halogenated alkanes) is 8. The van der Waals surface area contributed by atoms with Crippen molar-refractivity contribution in [3.8, 4) is 5.40 Å². The molecule has 4 nitrogen and oxygen atoms in total. The summed E-state index contributed by atoms with van der Waals surface area (Å²) in [5.74, 6) is -0.135. The van der Waals surface area contributed by atoms with Crippen molar-refractivity contribution in [1.82, 2.24) is 0 Å². The first-order chi connectivity index (χ1) is 9.68. The number of carbonyl (C=O) groups is 1. The van der Waals surface area contributed by atoms with Gasteiger partial charge in [0.05, 0.1) is 6.61 Å². The van der Waals surface area contributed by atoms with Crippen molar-refractivity contribution >= 4 is 17.7 Å². The standard InChI is InChI=1S/C12H24O2.C3H5NOS/c1-2-3-4-5-6-7-8-9-10-11-12(13)14;4-3-6-2-1-5/h2-11H2,1H3,(H,13,14);5H,1-2H2. The van der Waals surface area contributed by atoms with Gasteiger partial charge < -0.3 is 10.2 Å². The zero-order chi connectivity index (χ0) is 15.5. The van der Waals surface area contributed by atoms with E-state index in [1.54, 1.807) is 0 Å². The predicted octanol–water partition coefficient (Wildman–Crippen LogP) is 4.18. The SMILES string of the molecule is CCCCCCCCCCCC(=O)O.N#CSCCO. The van der Waals surface area contributed by atoms with Crippen molar-refractivity contribution in [2.75, 3.05) is 12.4 Å². The number of nitrogens with zero attached hydrogens (tertiary/aromatic N) is 1. The highest BCUT2D eigenvalue weighted by atomic mass is 32.2. The van der Waals surface area contributed by atoms with Crippen LogP contribution in [0.2, 0.25) is 0 Å². The topological polar surface area (TPSA) is 81.3 Å². The summed E-state index contributed by atoms with van der Waals surface area (Å²) in [6.07, 6.45) is 11.5.